The molecule has 0 aliphatic carbocycles. The van der Waals surface area contributed by atoms with Gasteiger partial charge >= 0.3 is 0 Å². The van der Waals surface area contributed by atoms with Crippen molar-refractivity contribution in [2.45, 2.75) is 12.5 Å². The molecule has 1 unspecified atom stereocenters. The number of ether oxygens (including phenoxy) is 1. The molecule has 1 aromatic carbocycles. The summed E-state index contributed by atoms with van der Waals surface area (Å²) in [5.74, 6) is -2.36. The third-order valence-electron chi connectivity index (χ3n) is 3.78. The molecule has 1 saturated heterocycles. The highest BCUT2D eigenvalue weighted by Gasteiger charge is 2.26. The van der Waals surface area contributed by atoms with Crippen LogP contribution in [0.25, 0.3) is 0 Å². The van der Waals surface area contributed by atoms with Crippen LogP contribution in [0.4, 0.5) is 18.9 Å². The number of hydrogen-bond donors (Lipinski definition) is 1. The predicted octanol–water partition coefficient (Wildman–Crippen LogP) is 2.59. The number of anilines is 1. The van der Waals surface area contributed by atoms with Crippen LogP contribution in [0.3, 0.4) is 0 Å². The lowest BCUT2D eigenvalue weighted by Crippen LogP contribution is -2.33. The first-order valence-electron chi connectivity index (χ1n) is 7.76. The third-order valence-corrected chi connectivity index (χ3v) is 3.78. The molecule has 1 amide bonds. The number of aromatic nitrogens is 1. The number of pyridine rings is 1. The van der Waals surface area contributed by atoms with E-state index in [1.165, 1.54) is 18.2 Å². The van der Waals surface area contributed by atoms with Crippen LogP contribution >= 0.6 is 0 Å². The van der Waals surface area contributed by atoms with Crippen molar-refractivity contribution in [2.75, 3.05) is 25.0 Å². The Labute approximate surface area is 142 Å². The van der Waals surface area contributed by atoms with Gasteiger partial charge in [0.1, 0.15) is 17.7 Å². The van der Waals surface area contributed by atoms with Gasteiger partial charge in [0.05, 0.1) is 12.2 Å². The standard InChI is InChI=1S/C17H16F3N3O2/c18-11-4-5-14(13(19)8-11)21-16(24)10-23-7-6-12(9-23)25-17-3-1-2-15(20)22-17/h1-5,8,12H,6-7,9-10H2,(H,21,24). The van der Waals surface area contributed by atoms with Gasteiger partial charge in [0.2, 0.25) is 17.7 Å². The highest BCUT2D eigenvalue weighted by atomic mass is 19.1. The second-order valence-corrected chi connectivity index (χ2v) is 5.73. The quantitative estimate of drug-likeness (QED) is 0.842. The average Bonchev–Trinajstić information content (AvgIpc) is 2.97. The van der Waals surface area contributed by atoms with Crippen LogP contribution in [0.1, 0.15) is 6.42 Å². The van der Waals surface area contributed by atoms with Gasteiger partial charge < -0.3 is 10.1 Å². The molecule has 2 heterocycles. The highest BCUT2D eigenvalue weighted by molar-refractivity contribution is 5.92. The summed E-state index contributed by atoms with van der Waals surface area (Å²) in [7, 11) is 0. The Morgan fingerprint density at radius 1 is 1.28 bits per heavy atom. The van der Waals surface area contributed by atoms with Crippen LogP contribution in [-0.2, 0) is 4.79 Å². The first-order chi connectivity index (χ1) is 12.0. The first-order valence-corrected chi connectivity index (χ1v) is 7.76. The Hall–Kier alpha value is -2.61. The fraction of sp³-hybridized carbons (Fsp3) is 0.294. The van der Waals surface area contributed by atoms with Crippen molar-refractivity contribution in [1.29, 1.82) is 0 Å². The Bertz CT molecular complexity index is 773. The number of nitrogens with one attached hydrogen (secondary N) is 1. The molecule has 0 spiro atoms. The fourth-order valence-corrected chi connectivity index (χ4v) is 2.65. The lowest BCUT2D eigenvalue weighted by molar-refractivity contribution is -0.117. The molecule has 3 rings (SSSR count). The molecule has 5 nitrogen and oxygen atoms in total. The maximum absolute atomic E-state index is 13.5. The van der Waals surface area contributed by atoms with Gasteiger partial charge in [-0.05, 0) is 24.6 Å². The van der Waals surface area contributed by atoms with E-state index in [1.807, 2.05) is 4.90 Å². The zero-order valence-corrected chi connectivity index (χ0v) is 13.2. The van der Waals surface area contributed by atoms with Gasteiger partial charge in [-0.3, -0.25) is 9.69 Å². The van der Waals surface area contributed by atoms with Crippen LogP contribution in [0.15, 0.2) is 36.4 Å². The van der Waals surface area contributed by atoms with Crippen LogP contribution in [0.5, 0.6) is 5.88 Å². The molecule has 0 saturated carbocycles. The number of rotatable bonds is 5. The summed E-state index contributed by atoms with van der Waals surface area (Å²) < 4.78 is 45.0. The minimum Gasteiger partial charge on any atom is -0.473 e. The SMILES string of the molecule is O=C(CN1CCC(Oc2cccc(F)n2)C1)Nc1ccc(F)cc1F. The lowest BCUT2D eigenvalue weighted by atomic mass is 10.3. The van der Waals surface area contributed by atoms with E-state index in [1.54, 1.807) is 6.07 Å². The normalized spacial score (nSPS) is 17.5. The molecule has 1 fully saturated rings. The van der Waals surface area contributed by atoms with Crippen molar-refractivity contribution >= 4 is 11.6 Å². The summed E-state index contributed by atoms with van der Waals surface area (Å²) in [6, 6.07) is 7.26. The van der Waals surface area contributed by atoms with Gasteiger partial charge in [-0.15, -0.1) is 0 Å². The molecular formula is C17H16F3N3O2. The molecule has 2 aromatic rings. The average molecular weight is 351 g/mol. The van der Waals surface area contributed by atoms with E-state index in [0.29, 0.717) is 25.6 Å². The van der Waals surface area contributed by atoms with Crippen LogP contribution in [-0.4, -0.2) is 41.5 Å². The van der Waals surface area contributed by atoms with E-state index >= 15 is 0 Å². The molecule has 1 N–H and O–H groups in total. The Kier molecular flexibility index (Phi) is 5.18. The highest BCUT2D eigenvalue weighted by Crippen LogP contribution is 2.18. The van der Waals surface area contributed by atoms with E-state index in [-0.39, 0.29) is 24.2 Å². The van der Waals surface area contributed by atoms with Crippen molar-refractivity contribution in [3.05, 3.63) is 54.0 Å². The largest absolute Gasteiger partial charge is 0.473 e. The summed E-state index contributed by atoms with van der Waals surface area (Å²) in [6.45, 7) is 1.13. The van der Waals surface area contributed by atoms with Crippen LogP contribution in [0, 0.1) is 17.6 Å². The van der Waals surface area contributed by atoms with Crippen molar-refractivity contribution in [2.24, 2.45) is 0 Å². The van der Waals surface area contributed by atoms with Gasteiger partial charge in [0, 0.05) is 25.2 Å². The molecule has 1 aliphatic rings. The summed E-state index contributed by atoms with van der Waals surface area (Å²) in [5.41, 5.74) is -0.0673. The minimum absolute atomic E-state index is 0.0489. The number of carbonyl (C=O) groups excluding carboxylic acids is 1. The molecule has 8 heteroatoms. The number of nitrogens with zero attached hydrogens (tertiary/aromatic N) is 2. The van der Waals surface area contributed by atoms with Gasteiger partial charge in [-0.1, -0.05) is 6.07 Å². The van der Waals surface area contributed by atoms with E-state index < -0.39 is 23.5 Å². The Morgan fingerprint density at radius 3 is 2.88 bits per heavy atom. The Morgan fingerprint density at radius 2 is 2.12 bits per heavy atom. The monoisotopic (exact) mass is 351 g/mol. The van der Waals surface area contributed by atoms with E-state index in [2.05, 4.69) is 10.3 Å². The first kappa shape index (κ1) is 17.2. The van der Waals surface area contributed by atoms with Gasteiger partial charge in [0.15, 0.2) is 0 Å². The summed E-state index contributed by atoms with van der Waals surface area (Å²) in [5, 5.41) is 2.41. The fourth-order valence-electron chi connectivity index (χ4n) is 2.65. The van der Waals surface area contributed by atoms with Gasteiger partial charge in [-0.25, -0.2) is 8.78 Å². The Balaban J connectivity index is 1.50. The number of benzene rings is 1. The molecule has 0 bridgehead atoms. The molecule has 132 valence electrons. The van der Waals surface area contributed by atoms with Crippen molar-refractivity contribution in [1.82, 2.24) is 9.88 Å². The second kappa shape index (κ2) is 7.52. The molecule has 1 aliphatic heterocycles. The van der Waals surface area contributed by atoms with Crippen molar-refractivity contribution < 1.29 is 22.7 Å². The predicted molar refractivity (Wildman–Crippen MR) is 84.7 cm³/mol. The maximum atomic E-state index is 13.5. The van der Waals surface area contributed by atoms with Crippen molar-refractivity contribution in [3.8, 4) is 5.88 Å². The zero-order valence-electron chi connectivity index (χ0n) is 13.2. The minimum atomic E-state index is -0.826. The van der Waals surface area contributed by atoms with Crippen LogP contribution in [0.2, 0.25) is 0 Å². The van der Waals surface area contributed by atoms with E-state index in [9.17, 15) is 18.0 Å². The topological polar surface area (TPSA) is 54.5 Å². The van der Waals surface area contributed by atoms with Gasteiger partial charge in [-0.2, -0.15) is 9.37 Å². The number of carbonyl (C=O) groups is 1. The van der Waals surface area contributed by atoms with Gasteiger partial charge in [0.25, 0.3) is 0 Å². The summed E-state index contributed by atoms with van der Waals surface area (Å²) in [6.07, 6.45) is 0.459. The number of hydrogen-bond acceptors (Lipinski definition) is 4. The number of amides is 1. The lowest BCUT2D eigenvalue weighted by Gasteiger charge is -2.16. The molecule has 0 radical (unpaired) electrons. The number of halogens is 3. The maximum Gasteiger partial charge on any atom is 0.238 e. The molecule has 1 aromatic heterocycles. The van der Waals surface area contributed by atoms with Crippen molar-refractivity contribution in [3.63, 3.8) is 0 Å². The molecular weight excluding hydrogens is 335 g/mol. The van der Waals surface area contributed by atoms with E-state index in [0.717, 1.165) is 6.07 Å². The summed E-state index contributed by atoms with van der Waals surface area (Å²) >= 11 is 0. The third kappa shape index (κ3) is 4.69. The number of likely N-dealkylation sites (tertiary alicyclic amines) is 1. The van der Waals surface area contributed by atoms with Crippen LogP contribution < -0.4 is 10.1 Å². The zero-order chi connectivity index (χ0) is 17.8. The smallest absolute Gasteiger partial charge is 0.238 e. The molecule has 25 heavy (non-hydrogen) atoms. The summed E-state index contributed by atoms with van der Waals surface area (Å²) in [4.78, 5) is 17.5. The second-order valence-electron chi connectivity index (χ2n) is 5.73. The molecule has 1 atom stereocenters. The van der Waals surface area contributed by atoms with E-state index in [4.69, 9.17) is 4.74 Å².